The van der Waals surface area contributed by atoms with Gasteiger partial charge in [-0.25, -0.2) is 4.68 Å². The third kappa shape index (κ3) is 2.68. The van der Waals surface area contributed by atoms with Gasteiger partial charge in [-0.3, -0.25) is 0 Å². The van der Waals surface area contributed by atoms with Gasteiger partial charge >= 0.3 is 0 Å². The van der Waals surface area contributed by atoms with Gasteiger partial charge in [0, 0.05) is 10.7 Å². The molecule has 2 aromatic rings. The third-order valence-electron chi connectivity index (χ3n) is 2.83. The molecule has 90 valence electrons. The molecule has 0 bridgehead atoms. The minimum absolute atomic E-state index is 0.744. The van der Waals surface area contributed by atoms with E-state index in [2.05, 4.69) is 17.3 Å². The molecule has 0 saturated carbocycles. The van der Waals surface area contributed by atoms with E-state index in [0.29, 0.717) is 0 Å². The van der Waals surface area contributed by atoms with Crippen molar-refractivity contribution < 1.29 is 0 Å². The molecular formula is C13H16ClN3. The van der Waals surface area contributed by atoms with Crippen molar-refractivity contribution in [3.63, 3.8) is 0 Å². The Morgan fingerprint density at radius 1 is 1.29 bits per heavy atom. The zero-order valence-electron chi connectivity index (χ0n) is 10.1. The van der Waals surface area contributed by atoms with Crippen molar-refractivity contribution in [1.82, 2.24) is 15.1 Å². The predicted octanol–water partition coefficient (Wildman–Crippen LogP) is 2.60. The quantitative estimate of drug-likeness (QED) is 0.903. The van der Waals surface area contributed by atoms with Crippen LogP contribution >= 0.6 is 11.6 Å². The molecule has 0 aliphatic carbocycles. The highest BCUT2D eigenvalue weighted by Crippen LogP contribution is 2.16. The van der Waals surface area contributed by atoms with Crippen LogP contribution in [0.3, 0.4) is 0 Å². The first kappa shape index (κ1) is 12.1. The van der Waals surface area contributed by atoms with E-state index < -0.39 is 0 Å². The Morgan fingerprint density at radius 2 is 2.00 bits per heavy atom. The lowest BCUT2D eigenvalue weighted by atomic mass is 10.2. The summed E-state index contributed by atoms with van der Waals surface area (Å²) in [5, 5.41) is 8.30. The Labute approximate surface area is 106 Å². The molecule has 0 unspecified atom stereocenters. The average molecular weight is 250 g/mol. The first-order valence-electron chi connectivity index (χ1n) is 5.66. The van der Waals surface area contributed by atoms with Gasteiger partial charge in [0.2, 0.25) is 0 Å². The van der Waals surface area contributed by atoms with Crippen LogP contribution in [0.25, 0.3) is 5.69 Å². The summed E-state index contributed by atoms with van der Waals surface area (Å²) in [5.41, 5.74) is 3.50. The van der Waals surface area contributed by atoms with E-state index in [1.165, 1.54) is 11.3 Å². The van der Waals surface area contributed by atoms with E-state index in [-0.39, 0.29) is 0 Å². The van der Waals surface area contributed by atoms with Crippen molar-refractivity contribution in [2.45, 2.75) is 13.3 Å². The van der Waals surface area contributed by atoms with E-state index in [4.69, 9.17) is 11.6 Å². The molecular weight excluding hydrogens is 234 g/mol. The molecule has 0 fully saturated rings. The zero-order valence-corrected chi connectivity index (χ0v) is 10.8. The molecule has 4 heteroatoms. The van der Waals surface area contributed by atoms with Gasteiger partial charge in [0.25, 0.3) is 0 Å². The maximum absolute atomic E-state index is 5.87. The van der Waals surface area contributed by atoms with Crippen molar-refractivity contribution in [3.05, 3.63) is 46.7 Å². The second-order valence-corrected chi connectivity index (χ2v) is 4.43. The highest BCUT2D eigenvalue weighted by atomic mass is 35.5. The topological polar surface area (TPSA) is 29.9 Å². The molecule has 0 aliphatic rings. The predicted molar refractivity (Wildman–Crippen MR) is 70.9 cm³/mol. The Kier molecular flexibility index (Phi) is 3.82. The number of nitrogens with zero attached hydrogens (tertiary/aromatic N) is 2. The molecule has 17 heavy (non-hydrogen) atoms. The van der Waals surface area contributed by atoms with Crippen LogP contribution in [0.1, 0.15) is 11.3 Å². The van der Waals surface area contributed by atoms with Crippen LogP contribution < -0.4 is 5.32 Å². The number of likely N-dealkylation sites (N-methyl/N-ethyl adjacent to an activating group) is 1. The molecule has 0 saturated heterocycles. The maximum atomic E-state index is 5.87. The molecule has 0 amide bonds. The largest absolute Gasteiger partial charge is 0.319 e. The molecule has 0 radical (unpaired) electrons. The number of halogens is 1. The molecule has 1 aromatic heterocycles. The van der Waals surface area contributed by atoms with Crippen molar-refractivity contribution in [3.8, 4) is 5.69 Å². The fourth-order valence-electron chi connectivity index (χ4n) is 1.79. The van der Waals surface area contributed by atoms with Crippen LogP contribution in [0.15, 0.2) is 30.5 Å². The summed E-state index contributed by atoms with van der Waals surface area (Å²) in [4.78, 5) is 0. The number of hydrogen-bond donors (Lipinski definition) is 1. The highest BCUT2D eigenvalue weighted by Gasteiger charge is 2.07. The van der Waals surface area contributed by atoms with Crippen molar-refractivity contribution >= 4 is 11.6 Å². The molecule has 1 aromatic carbocycles. The summed E-state index contributed by atoms with van der Waals surface area (Å²) in [7, 11) is 1.96. The first-order chi connectivity index (χ1) is 8.22. The summed E-state index contributed by atoms with van der Waals surface area (Å²) in [6.07, 6.45) is 2.93. The van der Waals surface area contributed by atoms with E-state index >= 15 is 0 Å². The van der Waals surface area contributed by atoms with Crippen LogP contribution in [0, 0.1) is 6.92 Å². The van der Waals surface area contributed by atoms with Gasteiger partial charge in [-0.2, -0.15) is 5.10 Å². The lowest BCUT2D eigenvalue weighted by Gasteiger charge is -2.05. The maximum Gasteiger partial charge on any atom is 0.0649 e. The smallest absolute Gasteiger partial charge is 0.0649 e. The van der Waals surface area contributed by atoms with Gasteiger partial charge in [0.05, 0.1) is 11.9 Å². The van der Waals surface area contributed by atoms with Crippen LogP contribution in [0.5, 0.6) is 0 Å². The highest BCUT2D eigenvalue weighted by molar-refractivity contribution is 6.30. The van der Waals surface area contributed by atoms with Gasteiger partial charge in [0.15, 0.2) is 0 Å². The Morgan fingerprint density at radius 3 is 2.65 bits per heavy atom. The molecule has 0 atom stereocenters. The normalized spacial score (nSPS) is 10.8. The molecule has 0 spiro atoms. The van der Waals surface area contributed by atoms with Crippen LogP contribution in [0.4, 0.5) is 0 Å². The Balaban J connectivity index is 2.27. The SMILES string of the molecule is CNCCc1cnn(-c2ccc(Cl)cc2)c1C. The Hall–Kier alpha value is -1.32. The van der Waals surface area contributed by atoms with Gasteiger partial charge < -0.3 is 5.32 Å². The standard InChI is InChI=1S/C13H16ClN3/c1-10-11(7-8-15-2)9-16-17(10)13-5-3-12(14)4-6-13/h3-6,9,15H,7-8H2,1-2H3. The lowest BCUT2D eigenvalue weighted by molar-refractivity contribution is 0.784. The molecule has 1 N–H and O–H groups in total. The van der Waals surface area contributed by atoms with Crippen molar-refractivity contribution in [2.75, 3.05) is 13.6 Å². The molecule has 2 rings (SSSR count). The van der Waals surface area contributed by atoms with Gasteiger partial charge in [-0.05, 0) is 56.8 Å². The van der Waals surface area contributed by atoms with Gasteiger partial charge in [-0.1, -0.05) is 11.6 Å². The number of nitrogens with one attached hydrogen (secondary N) is 1. The number of benzene rings is 1. The summed E-state index contributed by atoms with van der Waals surface area (Å²) >= 11 is 5.87. The third-order valence-corrected chi connectivity index (χ3v) is 3.08. The number of aromatic nitrogens is 2. The summed E-state index contributed by atoms with van der Waals surface area (Å²) in [6, 6.07) is 7.71. The fourth-order valence-corrected chi connectivity index (χ4v) is 1.92. The van der Waals surface area contributed by atoms with Crippen LogP contribution in [0.2, 0.25) is 5.02 Å². The van der Waals surface area contributed by atoms with E-state index in [1.54, 1.807) is 0 Å². The van der Waals surface area contributed by atoms with E-state index in [1.807, 2.05) is 42.2 Å². The van der Waals surface area contributed by atoms with Crippen molar-refractivity contribution in [2.24, 2.45) is 0 Å². The van der Waals surface area contributed by atoms with E-state index in [9.17, 15) is 0 Å². The summed E-state index contributed by atoms with van der Waals surface area (Å²) < 4.78 is 1.95. The zero-order chi connectivity index (χ0) is 12.3. The second-order valence-electron chi connectivity index (χ2n) is 4.00. The number of rotatable bonds is 4. The molecule has 3 nitrogen and oxygen atoms in total. The van der Waals surface area contributed by atoms with E-state index in [0.717, 1.165) is 23.7 Å². The summed E-state index contributed by atoms with van der Waals surface area (Å²) in [6.45, 7) is 3.06. The van der Waals surface area contributed by atoms with Crippen LogP contribution in [-0.2, 0) is 6.42 Å². The molecule has 1 heterocycles. The lowest BCUT2D eigenvalue weighted by Crippen LogP contribution is -2.10. The molecule has 0 aliphatic heterocycles. The Bertz CT molecular complexity index is 488. The minimum Gasteiger partial charge on any atom is -0.319 e. The van der Waals surface area contributed by atoms with Crippen LogP contribution in [-0.4, -0.2) is 23.4 Å². The van der Waals surface area contributed by atoms with Gasteiger partial charge in [-0.15, -0.1) is 0 Å². The number of hydrogen-bond acceptors (Lipinski definition) is 2. The van der Waals surface area contributed by atoms with Gasteiger partial charge in [0.1, 0.15) is 0 Å². The minimum atomic E-state index is 0.744. The monoisotopic (exact) mass is 249 g/mol. The fraction of sp³-hybridized carbons (Fsp3) is 0.308. The average Bonchev–Trinajstić information content (AvgIpc) is 2.69. The second kappa shape index (κ2) is 5.34. The summed E-state index contributed by atoms with van der Waals surface area (Å²) in [5.74, 6) is 0. The van der Waals surface area contributed by atoms with Crippen molar-refractivity contribution in [1.29, 1.82) is 0 Å². The first-order valence-corrected chi connectivity index (χ1v) is 6.04.